The highest BCUT2D eigenvalue weighted by Crippen LogP contribution is 2.12. The zero-order valence-corrected chi connectivity index (χ0v) is 17.0. The highest BCUT2D eigenvalue weighted by atomic mass is 16.6. The Hall–Kier alpha value is -2.50. The van der Waals surface area contributed by atoms with Crippen molar-refractivity contribution in [2.75, 3.05) is 0 Å². The van der Waals surface area contributed by atoms with Crippen LogP contribution < -0.4 is 0 Å². The average molecular weight is 375 g/mol. The van der Waals surface area contributed by atoms with Gasteiger partial charge in [-0.3, -0.25) is 9.59 Å². The molecule has 0 radical (unpaired) electrons. The Bertz CT molecular complexity index is 694. The summed E-state index contributed by atoms with van der Waals surface area (Å²) >= 11 is 0. The third-order valence-electron chi connectivity index (χ3n) is 3.13. The van der Waals surface area contributed by atoms with Crippen molar-refractivity contribution in [3.8, 4) is 0 Å². The molecule has 0 N–H and O–H groups in total. The molecule has 1 amide bonds. The molecule has 1 rings (SSSR count). The largest absolute Gasteiger partial charge is 0.460 e. The van der Waals surface area contributed by atoms with Crippen molar-refractivity contribution in [3.63, 3.8) is 0 Å². The first kappa shape index (κ1) is 22.5. The molecule has 1 aromatic carbocycles. The van der Waals surface area contributed by atoms with Crippen molar-refractivity contribution in [1.82, 2.24) is 0 Å². The fourth-order valence-corrected chi connectivity index (χ4v) is 2.14. The number of nitrogens with zero attached hydrogens (tertiary/aromatic N) is 1. The van der Waals surface area contributed by atoms with Crippen LogP contribution in [0.1, 0.15) is 59.9 Å². The first-order valence-corrected chi connectivity index (χ1v) is 8.95. The molecule has 1 aromatic rings. The van der Waals surface area contributed by atoms with Crippen molar-refractivity contribution >= 4 is 23.6 Å². The highest BCUT2D eigenvalue weighted by molar-refractivity contribution is 6.41. The van der Waals surface area contributed by atoms with Crippen LogP contribution in [0.15, 0.2) is 35.3 Å². The minimum Gasteiger partial charge on any atom is -0.460 e. The van der Waals surface area contributed by atoms with E-state index in [9.17, 15) is 14.4 Å². The average Bonchev–Trinajstić information content (AvgIpc) is 2.49. The summed E-state index contributed by atoms with van der Waals surface area (Å²) in [6.07, 6.45) is -0.784. The molecule has 0 aliphatic carbocycles. The third-order valence-corrected chi connectivity index (χ3v) is 3.13. The zero-order valence-electron chi connectivity index (χ0n) is 17.0. The van der Waals surface area contributed by atoms with Gasteiger partial charge in [-0.15, -0.1) is 0 Å². The summed E-state index contributed by atoms with van der Waals surface area (Å²) in [5.41, 5.74) is -0.417. The van der Waals surface area contributed by atoms with E-state index in [0.717, 1.165) is 5.56 Å². The van der Waals surface area contributed by atoms with Crippen molar-refractivity contribution in [1.29, 1.82) is 0 Å². The fourth-order valence-electron chi connectivity index (χ4n) is 2.14. The van der Waals surface area contributed by atoms with Crippen LogP contribution >= 0.6 is 0 Å². The molecule has 0 bridgehead atoms. The summed E-state index contributed by atoms with van der Waals surface area (Å²) in [6.45, 7) is 10.5. The monoisotopic (exact) mass is 375 g/mol. The highest BCUT2D eigenvalue weighted by Gasteiger charge is 2.22. The summed E-state index contributed by atoms with van der Waals surface area (Å²) < 4.78 is 10.4. The smallest absolute Gasteiger partial charge is 0.434 e. The number of aliphatic imine (C=N–C) groups is 1. The van der Waals surface area contributed by atoms with Crippen LogP contribution in [0.2, 0.25) is 0 Å². The Morgan fingerprint density at radius 1 is 0.852 bits per heavy atom. The van der Waals surface area contributed by atoms with Crippen LogP contribution in [0.4, 0.5) is 4.79 Å². The molecule has 0 heterocycles. The lowest BCUT2D eigenvalue weighted by molar-refractivity contribution is -0.155. The van der Waals surface area contributed by atoms with Crippen molar-refractivity contribution in [3.05, 3.63) is 35.9 Å². The molecule has 0 aliphatic heterocycles. The molecule has 27 heavy (non-hydrogen) atoms. The molecule has 0 atom stereocenters. The molecular weight excluding hydrogens is 346 g/mol. The van der Waals surface area contributed by atoms with E-state index in [-0.39, 0.29) is 30.8 Å². The summed E-state index contributed by atoms with van der Waals surface area (Å²) in [4.78, 5) is 40.3. The molecule has 0 spiro atoms. The number of esters is 1. The van der Waals surface area contributed by atoms with Crippen LogP contribution in [-0.4, -0.2) is 34.8 Å². The summed E-state index contributed by atoms with van der Waals surface area (Å²) in [5.74, 6) is -0.845. The van der Waals surface area contributed by atoms with Gasteiger partial charge in [-0.25, -0.2) is 4.79 Å². The van der Waals surface area contributed by atoms with Gasteiger partial charge >= 0.3 is 12.1 Å². The van der Waals surface area contributed by atoms with Gasteiger partial charge in [0.15, 0.2) is 5.78 Å². The Labute approximate surface area is 161 Å². The van der Waals surface area contributed by atoms with Crippen molar-refractivity contribution in [2.24, 2.45) is 4.99 Å². The number of ether oxygens (including phenoxy) is 2. The van der Waals surface area contributed by atoms with E-state index in [1.54, 1.807) is 41.5 Å². The number of carbonyl (C=O) groups is 3. The van der Waals surface area contributed by atoms with Gasteiger partial charge in [-0.05, 0) is 47.1 Å². The number of amides is 1. The third kappa shape index (κ3) is 10.3. The molecule has 6 nitrogen and oxygen atoms in total. The van der Waals surface area contributed by atoms with E-state index in [0.29, 0.717) is 0 Å². The van der Waals surface area contributed by atoms with E-state index >= 15 is 0 Å². The van der Waals surface area contributed by atoms with Crippen LogP contribution in [0, 0.1) is 0 Å². The molecule has 6 heteroatoms. The zero-order chi connectivity index (χ0) is 20.7. The van der Waals surface area contributed by atoms with Crippen molar-refractivity contribution < 1.29 is 23.9 Å². The number of carbonyl (C=O) groups excluding carboxylic acids is 3. The van der Waals surface area contributed by atoms with Gasteiger partial charge in [-0.2, -0.15) is 4.99 Å². The summed E-state index contributed by atoms with van der Waals surface area (Å²) in [5, 5.41) is 0. The fraction of sp³-hybridized carbons (Fsp3) is 0.524. The normalized spacial score (nSPS) is 12.4. The Kier molecular flexibility index (Phi) is 7.88. The molecule has 0 aliphatic rings. The Balaban J connectivity index is 2.88. The van der Waals surface area contributed by atoms with E-state index in [1.165, 1.54) is 0 Å². The van der Waals surface area contributed by atoms with Crippen LogP contribution in [0.5, 0.6) is 0 Å². The van der Waals surface area contributed by atoms with Gasteiger partial charge in [0.1, 0.15) is 11.2 Å². The summed E-state index contributed by atoms with van der Waals surface area (Å²) in [6, 6.07) is 9.22. The molecule has 0 unspecified atom stereocenters. The number of ketones is 1. The second kappa shape index (κ2) is 9.44. The first-order chi connectivity index (χ1) is 12.4. The van der Waals surface area contributed by atoms with Gasteiger partial charge in [0.2, 0.25) is 0 Å². The van der Waals surface area contributed by atoms with Crippen molar-refractivity contribution in [2.45, 2.75) is 72.0 Å². The predicted molar refractivity (Wildman–Crippen MR) is 104 cm³/mol. The first-order valence-electron chi connectivity index (χ1n) is 8.95. The molecule has 0 aromatic heterocycles. The molecule has 0 saturated carbocycles. The van der Waals surface area contributed by atoms with Gasteiger partial charge in [0.25, 0.3) is 0 Å². The quantitative estimate of drug-likeness (QED) is 0.547. The Morgan fingerprint density at radius 3 is 1.93 bits per heavy atom. The van der Waals surface area contributed by atoms with Gasteiger partial charge < -0.3 is 9.47 Å². The minimum absolute atomic E-state index is 0.0685. The predicted octanol–water partition coefficient (Wildman–Crippen LogP) is 4.30. The number of Topliss-reactive ketones (excluding diaryl/α,β-unsaturated/α-hetero) is 1. The second-order valence-electron chi connectivity index (χ2n) is 8.21. The maximum absolute atomic E-state index is 12.6. The molecule has 0 fully saturated rings. The lowest BCUT2D eigenvalue weighted by Crippen LogP contribution is -2.26. The maximum Gasteiger partial charge on any atom is 0.434 e. The van der Waals surface area contributed by atoms with E-state index in [4.69, 9.17) is 9.47 Å². The minimum atomic E-state index is -0.820. The van der Waals surface area contributed by atoms with Crippen LogP contribution in [0.25, 0.3) is 0 Å². The van der Waals surface area contributed by atoms with E-state index in [2.05, 4.69) is 4.99 Å². The number of benzene rings is 1. The number of hydrogen-bond acceptors (Lipinski definition) is 5. The lowest BCUT2D eigenvalue weighted by atomic mass is 10.0. The van der Waals surface area contributed by atoms with Gasteiger partial charge in [0.05, 0.1) is 12.1 Å². The molecule has 0 saturated heterocycles. The van der Waals surface area contributed by atoms with Gasteiger partial charge in [0, 0.05) is 12.8 Å². The van der Waals surface area contributed by atoms with Crippen LogP contribution in [0.3, 0.4) is 0 Å². The Morgan fingerprint density at radius 2 is 1.41 bits per heavy atom. The molecule has 148 valence electrons. The second-order valence-corrected chi connectivity index (χ2v) is 8.21. The maximum atomic E-state index is 12.6. The van der Waals surface area contributed by atoms with E-state index < -0.39 is 23.3 Å². The lowest BCUT2D eigenvalue weighted by Gasteiger charge is -2.19. The van der Waals surface area contributed by atoms with E-state index in [1.807, 2.05) is 30.3 Å². The number of hydrogen-bond donors (Lipinski definition) is 0. The molecular formula is C21H29NO5. The van der Waals surface area contributed by atoms with Crippen LogP contribution in [-0.2, 0) is 25.5 Å². The number of rotatable bonds is 6. The standard InChI is InChI=1S/C21H29NO5/c1-20(2,3)26-18(24)13-12-17(23)16(14-15-10-8-7-9-11-15)22-19(25)27-21(4,5)6/h7-11H,12-14H2,1-6H3. The SMILES string of the molecule is CC(C)(C)OC(=O)CCC(=O)C(Cc1ccccc1)=NC(=O)OC(C)(C)C. The summed E-state index contributed by atoms with van der Waals surface area (Å²) in [7, 11) is 0. The van der Waals surface area contributed by atoms with Gasteiger partial charge in [-0.1, -0.05) is 30.3 Å². The topological polar surface area (TPSA) is 82.0 Å².